The average molecular weight is 532 g/mol. The minimum atomic E-state index is -3.60. The molecule has 8 nitrogen and oxygen atoms in total. The van der Waals surface area contributed by atoms with E-state index < -0.39 is 10.0 Å². The molecule has 2 aromatic rings. The molecule has 0 radical (unpaired) electrons. The Morgan fingerprint density at radius 1 is 1.08 bits per heavy atom. The van der Waals surface area contributed by atoms with Crippen molar-refractivity contribution in [1.29, 1.82) is 0 Å². The van der Waals surface area contributed by atoms with Crippen molar-refractivity contribution in [1.82, 2.24) is 9.21 Å². The molecule has 2 aliphatic rings. The topological polar surface area (TPSA) is 96.0 Å². The Balaban J connectivity index is 1.38. The zero-order valence-corrected chi connectivity index (χ0v) is 21.9. The van der Waals surface area contributed by atoms with E-state index in [1.54, 1.807) is 48.5 Å². The van der Waals surface area contributed by atoms with Crippen LogP contribution in [0, 0.1) is 5.41 Å². The quantitative estimate of drug-likeness (QED) is 0.568. The van der Waals surface area contributed by atoms with E-state index >= 15 is 0 Å². The van der Waals surface area contributed by atoms with Crippen LogP contribution in [-0.4, -0.2) is 62.7 Å². The molecule has 1 N–H and O–H groups in total. The molecule has 0 atom stereocenters. The summed E-state index contributed by atoms with van der Waals surface area (Å²) in [4.78, 5) is 26.5. The highest BCUT2D eigenvalue weighted by molar-refractivity contribution is 7.89. The molecule has 36 heavy (non-hydrogen) atoms. The number of carbonyl (C=O) groups is 2. The van der Waals surface area contributed by atoms with Crippen LogP contribution >= 0.6 is 11.6 Å². The van der Waals surface area contributed by atoms with E-state index in [9.17, 15) is 18.0 Å². The second kappa shape index (κ2) is 10.6. The number of amides is 2. The molecule has 2 fully saturated rings. The molecular weight excluding hydrogens is 502 g/mol. The normalized spacial score (nSPS) is 18.0. The number of carbonyl (C=O) groups excluding carboxylic acids is 2. The number of methoxy groups -OCH3 is 1. The molecule has 192 valence electrons. The molecule has 1 spiro atoms. The van der Waals surface area contributed by atoms with Gasteiger partial charge in [-0.15, -0.1) is 0 Å². The predicted octanol–water partition coefficient (Wildman–Crippen LogP) is 4.02. The van der Waals surface area contributed by atoms with Crippen LogP contribution in [0.15, 0.2) is 53.4 Å². The van der Waals surface area contributed by atoms with Crippen molar-refractivity contribution in [3.8, 4) is 5.75 Å². The molecule has 0 aromatic heterocycles. The highest BCUT2D eigenvalue weighted by Crippen LogP contribution is 2.41. The molecular formula is C26H30ClN3O5S. The van der Waals surface area contributed by atoms with E-state index in [-0.39, 0.29) is 22.1 Å². The molecule has 2 heterocycles. The zero-order valence-electron chi connectivity index (χ0n) is 20.4. The van der Waals surface area contributed by atoms with Gasteiger partial charge in [0.15, 0.2) is 0 Å². The van der Waals surface area contributed by atoms with Gasteiger partial charge in [-0.1, -0.05) is 23.7 Å². The zero-order chi connectivity index (χ0) is 25.9. The largest absolute Gasteiger partial charge is 0.497 e. The Morgan fingerprint density at radius 2 is 1.81 bits per heavy atom. The monoisotopic (exact) mass is 531 g/mol. The second-order valence-electron chi connectivity index (χ2n) is 9.34. The van der Waals surface area contributed by atoms with Gasteiger partial charge in [-0.05, 0) is 60.6 Å². The van der Waals surface area contributed by atoms with Crippen molar-refractivity contribution in [3.05, 3.63) is 59.1 Å². The van der Waals surface area contributed by atoms with E-state index in [1.807, 2.05) is 4.90 Å². The number of hydrogen-bond acceptors (Lipinski definition) is 5. The van der Waals surface area contributed by atoms with Crippen molar-refractivity contribution in [3.63, 3.8) is 0 Å². The molecule has 2 amide bonds. The van der Waals surface area contributed by atoms with Crippen LogP contribution in [0.3, 0.4) is 0 Å². The summed E-state index contributed by atoms with van der Waals surface area (Å²) in [6.07, 6.45) is 5.44. The Morgan fingerprint density at radius 3 is 2.50 bits per heavy atom. The number of sulfonamides is 1. The summed E-state index contributed by atoms with van der Waals surface area (Å²) < 4.78 is 33.0. The summed E-state index contributed by atoms with van der Waals surface area (Å²) in [5.74, 6) is 0.173. The Kier molecular flexibility index (Phi) is 7.73. The summed E-state index contributed by atoms with van der Waals surface area (Å²) in [7, 11) is -2.09. The number of anilines is 1. The van der Waals surface area contributed by atoms with Crippen LogP contribution < -0.4 is 10.1 Å². The third-order valence-corrected chi connectivity index (χ3v) is 9.07. The minimum absolute atomic E-state index is 0.0779. The number of halogens is 1. The summed E-state index contributed by atoms with van der Waals surface area (Å²) in [5, 5.41) is 3.22. The molecule has 10 heteroatoms. The van der Waals surface area contributed by atoms with E-state index in [2.05, 4.69) is 5.32 Å². The lowest BCUT2D eigenvalue weighted by Gasteiger charge is -2.38. The minimum Gasteiger partial charge on any atom is -0.497 e. The van der Waals surface area contributed by atoms with Gasteiger partial charge < -0.3 is 15.0 Å². The van der Waals surface area contributed by atoms with Crippen LogP contribution in [0.4, 0.5) is 5.69 Å². The van der Waals surface area contributed by atoms with Gasteiger partial charge >= 0.3 is 0 Å². The van der Waals surface area contributed by atoms with Gasteiger partial charge in [-0.25, -0.2) is 8.42 Å². The van der Waals surface area contributed by atoms with Crippen LogP contribution in [0.5, 0.6) is 5.75 Å². The number of likely N-dealkylation sites (tertiary alicyclic amines) is 1. The third kappa shape index (κ3) is 5.74. The first-order valence-electron chi connectivity index (χ1n) is 11.8. The third-order valence-electron chi connectivity index (χ3n) is 6.94. The fourth-order valence-electron chi connectivity index (χ4n) is 4.88. The number of benzene rings is 2. The van der Waals surface area contributed by atoms with E-state index in [0.717, 1.165) is 6.42 Å². The van der Waals surface area contributed by atoms with Crippen LogP contribution in [0.1, 0.15) is 31.7 Å². The smallest absolute Gasteiger partial charge is 0.246 e. The van der Waals surface area contributed by atoms with Gasteiger partial charge in [0.25, 0.3) is 0 Å². The molecule has 2 saturated heterocycles. The highest BCUT2D eigenvalue weighted by atomic mass is 35.5. The van der Waals surface area contributed by atoms with E-state index in [4.69, 9.17) is 16.3 Å². The molecule has 0 unspecified atom stereocenters. The van der Waals surface area contributed by atoms with Crippen molar-refractivity contribution in [2.75, 3.05) is 38.6 Å². The maximum Gasteiger partial charge on any atom is 0.246 e. The molecule has 0 bridgehead atoms. The van der Waals surface area contributed by atoms with E-state index in [0.29, 0.717) is 61.0 Å². The first-order valence-corrected chi connectivity index (χ1v) is 13.6. The van der Waals surface area contributed by atoms with Crippen LogP contribution in [0.2, 0.25) is 5.02 Å². The number of piperidine rings is 1. The standard InChI is InChI=1S/C26H30ClN3O5S/c1-19(31)28-24-16-21(27)8-6-20(24)7-9-25(32)29-13-10-26(18-29)11-14-30(15-12-26)36(33,34)23-5-3-4-22(17-23)35-2/h3-9,16-17H,10-15,18H2,1-2H3,(H,28,31). The number of ether oxygens (including phenoxy) is 1. The fraction of sp³-hybridized carbons (Fsp3) is 0.385. The molecule has 2 aliphatic heterocycles. The van der Waals surface area contributed by atoms with Crippen LogP contribution in [-0.2, 0) is 19.6 Å². The maximum absolute atomic E-state index is 13.1. The van der Waals surface area contributed by atoms with Gasteiger partial charge in [0.1, 0.15) is 5.75 Å². The highest BCUT2D eigenvalue weighted by Gasteiger charge is 2.43. The molecule has 0 aliphatic carbocycles. The number of rotatable bonds is 6. The summed E-state index contributed by atoms with van der Waals surface area (Å²) in [5.41, 5.74) is 1.15. The lowest BCUT2D eigenvalue weighted by Crippen LogP contribution is -2.44. The number of hydrogen-bond donors (Lipinski definition) is 1. The summed E-state index contributed by atoms with van der Waals surface area (Å²) >= 11 is 6.04. The summed E-state index contributed by atoms with van der Waals surface area (Å²) in [6, 6.07) is 11.6. The van der Waals surface area contributed by atoms with Gasteiger partial charge in [-0.3, -0.25) is 9.59 Å². The molecule has 2 aromatic carbocycles. The summed E-state index contributed by atoms with van der Waals surface area (Å²) in [6.45, 7) is 3.48. The average Bonchev–Trinajstić information content (AvgIpc) is 3.26. The van der Waals surface area contributed by atoms with Gasteiger partial charge in [-0.2, -0.15) is 4.31 Å². The van der Waals surface area contributed by atoms with Crippen LogP contribution in [0.25, 0.3) is 6.08 Å². The van der Waals surface area contributed by atoms with Gasteiger partial charge in [0.05, 0.1) is 12.0 Å². The van der Waals surface area contributed by atoms with Crippen molar-refractivity contribution in [2.45, 2.75) is 31.1 Å². The predicted molar refractivity (Wildman–Crippen MR) is 139 cm³/mol. The van der Waals surface area contributed by atoms with Crippen molar-refractivity contribution < 1.29 is 22.7 Å². The van der Waals surface area contributed by atoms with E-state index in [1.165, 1.54) is 24.4 Å². The molecule has 0 saturated carbocycles. The first kappa shape index (κ1) is 26.2. The first-order chi connectivity index (χ1) is 17.1. The maximum atomic E-state index is 13.1. The fourth-order valence-corrected chi connectivity index (χ4v) is 6.53. The lowest BCUT2D eigenvalue weighted by atomic mass is 9.78. The Hall–Kier alpha value is -2.88. The van der Waals surface area contributed by atoms with Crippen molar-refractivity contribution >= 4 is 45.2 Å². The number of nitrogens with one attached hydrogen (secondary N) is 1. The Labute approximate surface area is 216 Å². The number of nitrogens with zero attached hydrogens (tertiary/aromatic N) is 2. The lowest BCUT2D eigenvalue weighted by molar-refractivity contribution is -0.125. The molecule has 4 rings (SSSR count). The second-order valence-corrected chi connectivity index (χ2v) is 11.7. The SMILES string of the molecule is COc1cccc(S(=O)(=O)N2CCC3(CCN(C(=O)C=Cc4ccc(Cl)cc4NC(C)=O)C3)CC2)c1. The Bertz CT molecular complexity index is 1290. The van der Waals surface area contributed by atoms with Gasteiger partial charge in [0.2, 0.25) is 21.8 Å². The van der Waals surface area contributed by atoms with Gasteiger partial charge in [0, 0.05) is 56.0 Å². The van der Waals surface area contributed by atoms with Crippen molar-refractivity contribution in [2.24, 2.45) is 5.41 Å².